The van der Waals surface area contributed by atoms with E-state index in [0.29, 0.717) is 17.2 Å². The van der Waals surface area contributed by atoms with Gasteiger partial charge >= 0.3 is 0 Å². The maximum Gasteiger partial charge on any atom is 0.231 e. The maximum absolute atomic E-state index is 11.9. The second-order valence-corrected chi connectivity index (χ2v) is 5.48. The number of nitrogens with zero attached hydrogens (tertiary/aromatic N) is 2. The fourth-order valence-electron chi connectivity index (χ4n) is 2.99. The Morgan fingerprint density at radius 2 is 1.95 bits per heavy atom. The lowest BCUT2D eigenvalue weighted by molar-refractivity contribution is -0.125. The minimum atomic E-state index is -0.269. The number of aromatic nitrogens is 2. The quantitative estimate of drug-likeness (QED) is 0.833. The molecule has 2 aliphatic rings. The number of ketones is 1. The molecule has 20 heavy (non-hydrogen) atoms. The van der Waals surface area contributed by atoms with Crippen molar-refractivity contribution in [1.82, 2.24) is 15.5 Å². The molecule has 1 aliphatic heterocycles. The highest BCUT2D eigenvalue weighted by molar-refractivity contribution is 6.27. The van der Waals surface area contributed by atoms with Crippen LogP contribution in [-0.4, -0.2) is 21.9 Å². The summed E-state index contributed by atoms with van der Waals surface area (Å²) < 4.78 is 0. The summed E-state index contributed by atoms with van der Waals surface area (Å²) in [6, 6.07) is 1.97. The number of amides is 1. The van der Waals surface area contributed by atoms with Crippen LogP contribution in [0.3, 0.4) is 0 Å². The lowest BCUT2D eigenvalue weighted by Crippen LogP contribution is -2.27. The van der Waals surface area contributed by atoms with E-state index in [2.05, 4.69) is 15.5 Å². The highest BCUT2D eigenvalue weighted by atomic mass is 16.2. The number of rotatable bonds is 2. The third-order valence-electron chi connectivity index (χ3n) is 4.09. The molecule has 1 aromatic heterocycles. The first-order valence-corrected chi connectivity index (χ1v) is 7.02. The summed E-state index contributed by atoms with van der Waals surface area (Å²) in [4.78, 5) is 23.1. The molecular formula is C15H17N3O2. The van der Waals surface area contributed by atoms with Crippen LogP contribution in [0.4, 0.5) is 0 Å². The van der Waals surface area contributed by atoms with E-state index in [1.165, 1.54) is 37.4 Å². The van der Waals surface area contributed by atoms with Crippen molar-refractivity contribution in [2.75, 3.05) is 0 Å². The van der Waals surface area contributed by atoms with Gasteiger partial charge in [0, 0.05) is 6.20 Å². The molecule has 1 saturated carbocycles. The van der Waals surface area contributed by atoms with Gasteiger partial charge in [0.2, 0.25) is 5.91 Å². The van der Waals surface area contributed by atoms with Gasteiger partial charge < -0.3 is 5.32 Å². The van der Waals surface area contributed by atoms with E-state index in [-0.39, 0.29) is 18.1 Å². The van der Waals surface area contributed by atoms with Gasteiger partial charge in [-0.15, -0.1) is 0 Å². The zero-order valence-electron chi connectivity index (χ0n) is 11.5. The second kappa shape index (κ2) is 5.15. The Labute approximate surface area is 117 Å². The average molecular weight is 271 g/mol. The SMILES string of the molecule is Cc1nnc(C2=CNC(=O)CC2=O)cc1C1CCCC1. The van der Waals surface area contributed by atoms with Gasteiger partial charge in [0.05, 0.1) is 23.4 Å². The Morgan fingerprint density at radius 1 is 1.20 bits per heavy atom. The van der Waals surface area contributed by atoms with Crippen LogP contribution in [0.15, 0.2) is 12.3 Å². The molecule has 0 unspecified atom stereocenters. The fraction of sp³-hybridized carbons (Fsp3) is 0.467. The zero-order chi connectivity index (χ0) is 14.1. The average Bonchev–Trinajstić information content (AvgIpc) is 2.93. The molecule has 0 radical (unpaired) electrons. The zero-order valence-corrected chi connectivity index (χ0v) is 11.5. The molecule has 104 valence electrons. The normalized spacial score (nSPS) is 19.9. The number of carbonyl (C=O) groups excluding carboxylic acids is 2. The number of hydrogen-bond donors (Lipinski definition) is 1. The number of nitrogens with one attached hydrogen (secondary N) is 1. The van der Waals surface area contributed by atoms with Crippen LogP contribution in [0, 0.1) is 6.92 Å². The van der Waals surface area contributed by atoms with Crippen LogP contribution in [-0.2, 0) is 9.59 Å². The number of allylic oxidation sites excluding steroid dienone is 1. The fourth-order valence-corrected chi connectivity index (χ4v) is 2.99. The minimum Gasteiger partial charge on any atom is -0.331 e. The Balaban J connectivity index is 1.96. The van der Waals surface area contributed by atoms with Gasteiger partial charge in [-0.3, -0.25) is 9.59 Å². The van der Waals surface area contributed by atoms with Crippen LogP contribution in [0.5, 0.6) is 0 Å². The molecule has 0 saturated heterocycles. The Kier molecular flexibility index (Phi) is 3.34. The summed E-state index contributed by atoms with van der Waals surface area (Å²) in [7, 11) is 0. The first-order chi connectivity index (χ1) is 9.65. The predicted octanol–water partition coefficient (Wildman–Crippen LogP) is 1.87. The molecule has 5 heteroatoms. The molecule has 1 aromatic rings. The van der Waals surface area contributed by atoms with E-state index in [9.17, 15) is 9.59 Å². The number of hydrogen-bond acceptors (Lipinski definition) is 4. The monoisotopic (exact) mass is 271 g/mol. The summed E-state index contributed by atoms with van der Waals surface area (Å²) in [5.74, 6) is 0.0669. The molecule has 1 N–H and O–H groups in total. The van der Waals surface area contributed by atoms with E-state index in [4.69, 9.17) is 0 Å². The topological polar surface area (TPSA) is 72.0 Å². The minimum absolute atomic E-state index is 0.111. The van der Waals surface area contributed by atoms with Crippen LogP contribution in [0.25, 0.3) is 5.57 Å². The molecule has 0 bridgehead atoms. The van der Waals surface area contributed by atoms with Crippen molar-refractivity contribution in [2.24, 2.45) is 0 Å². The van der Waals surface area contributed by atoms with E-state index in [1.807, 2.05) is 13.0 Å². The molecule has 1 aliphatic carbocycles. The third-order valence-corrected chi connectivity index (χ3v) is 4.09. The summed E-state index contributed by atoms with van der Waals surface area (Å²) in [6.45, 7) is 1.96. The van der Waals surface area contributed by atoms with Crippen molar-refractivity contribution in [3.8, 4) is 0 Å². The lowest BCUT2D eigenvalue weighted by Gasteiger charge is -2.15. The van der Waals surface area contributed by atoms with Crippen molar-refractivity contribution in [1.29, 1.82) is 0 Å². The summed E-state index contributed by atoms with van der Waals surface area (Å²) in [5.41, 5.74) is 3.16. The molecule has 3 rings (SSSR count). The van der Waals surface area contributed by atoms with Crippen LogP contribution in [0.1, 0.15) is 55.0 Å². The van der Waals surface area contributed by atoms with E-state index >= 15 is 0 Å². The first kappa shape index (κ1) is 13.0. The van der Waals surface area contributed by atoms with Crippen LogP contribution < -0.4 is 5.32 Å². The second-order valence-electron chi connectivity index (χ2n) is 5.48. The number of aryl methyl sites for hydroxylation is 1. The standard InChI is InChI=1S/C15H17N3O2/c1-9-11(10-4-2-3-5-10)6-13(18-17-9)12-8-16-15(20)7-14(12)19/h6,8,10H,2-5,7H2,1H3,(H,16,20). The molecule has 5 nitrogen and oxygen atoms in total. The van der Waals surface area contributed by atoms with Crippen LogP contribution in [0.2, 0.25) is 0 Å². The van der Waals surface area contributed by atoms with Crippen molar-refractivity contribution >= 4 is 17.3 Å². The first-order valence-electron chi connectivity index (χ1n) is 7.02. The van der Waals surface area contributed by atoms with Gasteiger partial charge in [-0.05, 0) is 37.3 Å². The predicted molar refractivity (Wildman–Crippen MR) is 73.7 cm³/mol. The maximum atomic E-state index is 11.9. The van der Waals surface area contributed by atoms with Crippen molar-refractivity contribution in [2.45, 2.75) is 44.9 Å². The van der Waals surface area contributed by atoms with Gasteiger partial charge in [0.25, 0.3) is 0 Å². The molecule has 2 heterocycles. The molecule has 0 aromatic carbocycles. The smallest absolute Gasteiger partial charge is 0.231 e. The molecule has 0 spiro atoms. The third kappa shape index (κ3) is 2.35. The highest BCUT2D eigenvalue weighted by Crippen LogP contribution is 2.35. The Hall–Kier alpha value is -2.04. The number of Topliss-reactive ketones (excluding diaryl/α,β-unsaturated/α-hetero) is 1. The number of carbonyl (C=O) groups is 2. The summed E-state index contributed by atoms with van der Waals surface area (Å²) in [6.07, 6.45) is 6.19. The van der Waals surface area contributed by atoms with E-state index in [0.717, 1.165) is 5.69 Å². The Morgan fingerprint density at radius 3 is 2.65 bits per heavy atom. The highest BCUT2D eigenvalue weighted by Gasteiger charge is 2.25. The van der Waals surface area contributed by atoms with E-state index in [1.54, 1.807) is 0 Å². The van der Waals surface area contributed by atoms with Gasteiger partial charge in [-0.2, -0.15) is 10.2 Å². The molecular weight excluding hydrogens is 254 g/mol. The van der Waals surface area contributed by atoms with Crippen molar-refractivity contribution in [3.05, 3.63) is 29.2 Å². The van der Waals surface area contributed by atoms with E-state index < -0.39 is 0 Å². The molecule has 1 fully saturated rings. The largest absolute Gasteiger partial charge is 0.331 e. The lowest BCUT2D eigenvalue weighted by atomic mass is 9.94. The van der Waals surface area contributed by atoms with Crippen molar-refractivity contribution in [3.63, 3.8) is 0 Å². The Bertz CT molecular complexity index is 601. The molecule has 0 atom stereocenters. The van der Waals surface area contributed by atoms with Gasteiger partial charge in [0.1, 0.15) is 0 Å². The van der Waals surface area contributed by atoms with Gasteiger partial charge in [-0.1, -0.05) is 12.8 Å². The summed E-state index contributed by atoms with van der Waals surface area (Å²) in [5, 5.41) is 10.9. The molecule has 1 amide bonds. The summed E-state index contributed by atoms with van der Waals surface area (Å²) >= 11 is 0. The van der Waals surface area contributed by atoms with Crippen molar-refractivity contribution < 1.29 is 9.59 Å². The van der Waals surface area contributed by atoms with Gasteiger partial charge in [-0.25, -0.2) is 0 Å². The van der Waals surface area contributed by atoms with Crippen LogP contribution >= 0.6 is 0 Å². The van der Waals surface area contributed by atoms with Gasteiger partial charge in [0.15, 0.2) is 5.78 Å².